The molecule has 0 aromatic rings. The van der Waals surface area contributed by atoms with E-state index in [2.05, 4.69) is 6.92 Å². The number of unbranched alkanes of at least 4 members (excludes halogenated alkanes) is 1. The molecule has 0 spiro atoms. The first-order valence-electron chi connectivity index (χ1n) is 9.25. The molecule has 4 nitrogen and oxygen atoms in total. The van der Waals surface area contributed by atoms with Crippen molar-refractivity contribution in [2.45, 2.75) is 74.1 Å². The number of carbonyl (C=O) groups excluding carboxylic acids is 2. The summed E-state index contributed by atoms with van der Waals surface area (Å²) in [7, 11) is 0. The maximum Gasteiger partial charge on any atom is 0.334 e. The largest absolute Gasteiger partial charge is 0.462 e. The molecule has 0 amide bonds. The molecule has 0 aliphatic heterocycles. The minimum Gasteiger partial charge on any atom is -0.462 e. The first-order chi connectivity index (χ1) is 11.2. The Balaban J connectivity index is 5.49. The van der Waals surface area contributed by atoms with Gasteiger partial charge in [0.05, 0.1) is 13.2 Å². The number of hydrogen-bond donors (Lipinski definition) is 0. The van der Waals surface area contributed by atoms with E-state index in [0.29, 0.717) is 37.2 Å². The van der Waals surface area contributed by atoms with Crippen LogP contribution in [0.25, 0.3) is 0 Å². The van der Waals surface area contributed by atoms with Crippen LogP contribution in [0.2, 0.25) is 0 Å². The summed E-state index contributed by atoms with van der Waals surface area (Å²) in [6.45, 7) is 14.8. The average molecular weight is 341 g/mol. The molecule has 0 bridgehead atoms. The Kier molecular flexibility index (Phi) is 11.4. The molecular weight excluding hydrogens is 304 g/mol. The summed E-state index contributed by atoms with van der Waals surface area (Å²) >= 11 is 0. The van der Waals surface area contributed by atoms with Gasteiger partial charge in [-0.2, -0.15) is 0 Å². The van der Waals surface area contributed by atoms with Crippen LogP contribution in [0.4, 0.5) is 0 Å². The van der Waals surface area contributed by atoms with Crippen LogP contribution in [0.15, 0.2) is 11.1 Å². The van der Waals surface area contributed by atoms with Crippen LogP contribution in [0.1, 0.15) is 74.1 Å². The summed E-state index contributed by atoms with van der Waals surface area (Å²) in [6.07, 6.45) is 2.90. The molecule has 0 unspecified atom stereocenters. The van der Waals surface area contributed by atoms with Crippen molar-refractivity contribution in [3.8, 4) is 0 Å². The van der Waals surface area contributed by atoms with Gasteiger partial charge < -0.3 is 9.47 Å². The zero-order valence-electron chi connectivity index (χ0n) is 16.6. The van der Waals surface area contributed by atoms with Crippen LogP contribution >= 0.6 is 0 Å². The first-order valence-corrected chi connectivity index (χ1v) is 9.25. The maximum absolute atomic E-state index is 12.5. The topological polar surface area (TPSA) is 52.6 Å². The van der Waals surface area contributed by atoms with Gasteiger partial charge in [-0.3, -0.25) is 0 Å². The average Bonchev–Trinajstić information content (AvgIpc) is 2.49. The highest BCUT2D eigenvalue weighted by atomic mass is 16.5. The predicted molar refractivity (Wildman–Crippen MR) is 97.6 cm³/mol. The maximum atomic E-state index is 12.5. The Bertz CT molecular complexity index is 419. The van der Waals surface area contributed by atoms with Gasteiger partial charge in [-0.15, -0.1) is 0 Å². The minimum atomic E-state index is -0.370. The predicted octanol–water partition coefficient (Wildman–Crippen LogP) is 4.92. The fourth-order valence-corrected chi connectivity index (χ4v) is 2.13. The molecule has 0 aliphatic rings. The van der Waals surface area contributed by atoms with Gasteiger partial charge in [0.1, 0.15) is 0 Å². The van der Waals surface area contributed by atoms with E-state index in [4.69, 9.17) is 9.47 Å². The van der Waals surface area contributed by atoms with E-state index < -0.39 is 0 Å². The van der Waals surface area contributed by atoms with Crippen LogP contribution in [-0.2, 0) is 19.1 Å². The molecule has 24 heavy (non-hydrogen) atoms. The molecule has 0 rings (SSSR count). The highest BCUT2D eigenvalue weighted by Gasteiger charge is 2.24. The minimum absolute atomic E-state index is 0.265. The summed E-state index contributed by atoms with van der Waals surface area (Å²) in [5.41, 5.74) is 0.993. The summed E-state index contributed by atoms with van der Waals surface area (Å²) in [6, 6.07) is 0. The van der Waals surface area contributed by atoms with Gasteiger partial charge in [0, 0.05) is 11.1 Å². The van der Waals surface area contributed by atoms with E-state index in [9.17, 15) is 9.59 Å². The van der Waals surface area contributed by atoms with Crippen molar-refractivity contribution in [3.05, 3.63) is 11.1 Å². The van der Waals surface area contributed by atoms with Crippen LogP contribution in [0.5, 0.6) is 0 Å². The summed E-state index contributed by atoms with van der Waals surface area (Å²) in [5.74, 6) is 0.0597. The number of esters is 2. The van der Waals surface area contributed by atoms with Gasteiger partial charge in [-0.05, 0) is 37.0 Å². The summed E-state index contributed by atoms with van der Waals surface area (Å²) in [4.78, 5) is 25.1. The molecular formula is C20H36O4. The van der Waals surface area contributed by atoms with Crippen LogP contribution in [0, 0.1) is 17.8 Å². The Morgan fingerprint density at radius 1 is 0.750 bits per heavy atom. The van der Waals surface area contributed by atoms with Crippen molar-refractivity contribution in [1.29, 1.82) is 0 Å². The molecule has 0 aliphatic carbocycles. The van der Waals surface area contributed by atoms with E-state index in [1.165, 1.54) is 0 Å². The fraction of sp³-hybridized carbons (Fsp3) is 0.800. The SMILES string of the molecule is CCCC/C(C(=O)OCC(C)C)=C(\CC(C)C)C(=O)OCC(C)C. The fourth-order valence-electron chi connectivity index (χ4n) is 2.13. The van der Waals surface area contributed by atoms with E-state index in [0.717, 1.165) is 12.8 Å². The molecule has 0 saturated carbocycles. The van der Waals surface area contributed by atoms with Gasteiger partial charge in [0.2, 0.25) is 0 Å². The van der Waals surface area contributed by atoms with Crippen molar-refractivity contribution in [1.82, 2.24) is 0 Å². The highest BCUT2D eigenvalue weighted by molar-refractivity contribution is 6.00. The Morgan fingerprint density at radius 2 is 1.21 bits per heavy atom. The van der Waals surface area contributed by atoms with Crippen molar-refractivity contribution in [2.75, 3.05) is 13.2 Å². The van der Waals surface area contributed by atoms with E-state index in [1.54, 1.807) is 0 Å². The second-order valence-electron chi connectivity index (χ2n) is 7.64. The smallest absolute Gasteiger partial charge is 0.334 e. The van der Waals surface area contributed by atoms with Crippen LogP contribution in [0.3, 0.4) is 0 Å². The summed E-state index contributed by atoms with van der Waals surface area (Å²) < 4.78 is 10.8. The van der Waals surface area contributed by atoms with Gasteiger partial charge in [0.15, 0.2) is 0 Å². The second kappa shape index (κ2) is 12.1. The lowest BCUT2D eigenvalue weighted by Crippen LogP contribution is -2.20. The van der Waals surface area contributed by atoms with E-state index in [1.807, 2.05) is 41.5 Å². The lowest BCUT2D eigenvalue weighted by molar-refractivity contribution is -0.143. The lowest BCUT2D eigenvalue weighted by atomic mass is 9.95. The van der Waals surface area contributed by atoms with Crippen molar-refractivity contribution < 1.29 is 19.1 Å². The normalized spacial score (nSPS) is 12.6. The zero-order chi connectivity index (χ0) is 18.7. The Morgan fingerprint density at radius 3 is 1.58 bits per heavy atom. The molecule has 0 atom stereocenters. The summed E-state index contributed by atoms with van der Waals surface area (Å²) in [5, 5.41) is 0. The number of rotatable bonds is 11. The Hall–Kier alpha value is -1.32. The molecule has 0 fully saturated rings. The van der Waals surface area contributed by atoms with Gasteiger partial charge in [0.25, 0.3) is 0 Å². The third-order valence-corrected chi connectivity index (χ3v) is 3.35. The molecule has 0 heterocycles. The number of carbonyl (C=O) groups is 2. The van der Waals surface area contributed by atoms with Crippen molar-refractivity contribution in [2.24, 2.45) is 17.8 Å². The number of ether oxygens (including phenoxy) is 2. The standard InChI is InChI=1S/C20H36O4/c1-8-9-10-17(19(21)23-12-15(4)5)18(11-14(2)3)20(22)24-13-16(6)7/h14-16H,8-13H2,1-7H3/b18-17-. The van der Waals surface area contributed by atoms with Crippen molar-refractivity contribution >= 4 is 11.9 Å². The van der Waals surface area contributed by atoms with Crippen LogP contribution in [-0.4, -0.2) is 25.2 Å². The third-order valence-electron chi connectivity index (χ3n) is 3.35. The van der Waals surface area contributed by atoms with Gasteiger partial charge in [-0.1, -0.05) is 54.9 Å². The molecule has 0 radical (unpaired) electrons. The van der Waals surface area contributed by atoms with Crippen LogP contribution < -0.4 is 0 Å². The molecule has 4 heteroatoms. The van der Waals surface area contributed by atoms with E-state index >= 15 is 0 Å². The molecule has 0 aromatic heterocycles. The molecule has 140 valence electrons. The number of hydrogen-bond acceptors (Lipinski definition) is 4. The first kappa shape index (κ1) is 22.7. The highest BCUT2D eigenvalue weighted by Crippen LogP contribution is 2.23. The molecule has 0 aromatic carbocycles. The lowest BCUT2D eigenvalue weighted by Gasteiger charge is -2.17. The monoisotopic (exact) mass is 340 g/mol. The molecule has 0 N–H and O–H groups in total. The third kappa shape index (κ3) is 9.74. The van der Waals surface area contributed by atoms with Gasteiger partial charge >= 0.3 is 11.9 Å². The quantitative estimate of drug-likeness (QED) is 0.396. The van der Waals surface area contributed by atoms with Gasteiger partial charge in [-0.25, -0.2) is 9.59 Å². The second-order valence-corrected chi connectivity index (χ2v) is 7.64. The van der Waals surface area contributed by atoms with Crippen molar-refractivity contribution in [3.63, 3.8) is 0 Å². The molecule has 0 saturated heterocycles. The zero-order valence-corrected chi connectivity index (χ0v) is 16.6. The Labute approximate surface area is 148 Å². The van der Waals surface area contributed by atoms with E-state index in [-0.39, 0.29) is 29.7 Å².